The first-order valence-electron chi connectivity index (χ1n) is 8.66. The Hall–Kier alpha value is -2.04. The largest absolute Gasteiger partial charge is 0.458 e. The van der Waals surface area contributed by atoms with Crippen LogP contribution in [0.25, 0.3) is 0 Å². The van der Waals surface area contributed by atoms with Crippen molar-refractivity contribution in [2.24, 2.45) is 5.92 Å². The summed E-state index contributed by atoms with van der Waals surface area (Å²) in [5.74, 6) is -0.652. The van der Waals surface area contributed by atoms with Crippen molar-refractivity contribution >= 4 is 12.1 Å². The summed E-state index contributed by atoms with van der Waals surface area (Å²) in [4.78, 5) is 25.3. The minimum Gasteiger partial charge on any atom is -0.458 e. The van der Waals surface area contributed by atoms with Gasteiger partial charge in [0.1, 0.15) is 11.2 Å². The highest BCUT2D eigenvalue weighted by Gasteiger charge is 2.70. The Balaban J connectivity index is 2.30. The van der Waals surface area contributed by atoms with Crippen LogP contribution in [0.1, 0.15) is 59.9 Å². The van der Waals surface area contributed by atoms with Crippen LogP contribution in [0.15, 0.2) is 30.3 Å². The molecule has 3 atom stereocenters. The van der Waals surface area contributed by atoms with E-state index in [1.165, 1.54) is 0 Å². The van der Waals surface area contributed by atoms with E-state index in [2.05, 4.69) is 5.32 Å². The number of nitrogens with one attached hydrogen (secondary N) is 1. The van der Waals surface area contributed by atoms with Gasteiger partial charge in [0.2, 0.25) is 0 Å². The highest BCUT2D eigenvalue weighted by atomic mass is 16.6. The molecule has 1 N–H and O–H groups in total. The molecule has 1 amide bonds. The number of benzene rings is 1. The first-order chi connectivity index (χ1) is 11.4. The van der Waals surface area contributed by atoms with Gasteiger partial charge in [-0.3, -0.25) is 0 Å². The Morgan fingerprint density at radius 2 is 1.48 bits per heavy atom. The monoisotopic (exact) mass is 347 g/mol. The number of alkyl carbamates (subject to hydrolysis) is 1. The van der Waals surface area contributed by atoms with Gasteiger partial charge in [0.15, 0.2) is 5.54 Å². The Kier molecular flexibility index (Phi) is 4.90. The van der Waals surface area contributed by atoms with E-state index in [9.17, 15) is 9.59 Å². The van der Waals surface area contributed by atoms with E-state index in [0.29, 0.717) is 0 Å². The molecule has 0 aliphatic heterocycles. The van der Waals surface area contributed by atoms with Crippen molar-refractivity contribution in [3.8, 4) is 0 Å². The van der Waals surface area contributed by atoms with Crippen LogP contribution in [0.2, 0.25) is 0 Å². The number of ether oxygens (including phenoxy) is 2. The average Bonchev–Trinajstić information content (AvgIpc) is 3.01. The molecule has 138 valence electrons. The summed E-state index contributed by atoms with van der Waals surface area (Å²) in [6, 6.07) is 9.70. The van der Waals surface area contributed by atoms with Gasteiger partial charge in [-0.05, 0) is 47.1 Å². The lowest BCUT2D eigenvalue weighted by atomic mass is 10.1. The van der Waals surface area contributed by atoms with Crippen molar-refractivity contribution in [1.29, 1.82) is 0 Å². The molecule has 1 aromatic rings. The van der Waals surface area contributed by atoms with Crippen LogP contribution in [-0.4, -0.2) is 28.8 Å². The maximum atomic E-state index is 12.9. The molecule has 0 bridgehead atoms. The van der Waals surface area contributed by atoms with Gasteiger partial charge in [-0.15, -0.1) is 0 Å². The first kappa shape index (κ1) is 19.3. The van der Waals surface area contributed by atoms with Crippen LogP contribution in [0.5, 0.6) is 0 Å². The molecule has 1 aromatic carbocycles. The molecule has 0 spiro atoms. The highest BCUT2D eigenvalue weighted by Crippen LogP contribution is 2.58. The maximum absolute atomic E-state index is 12.9. The molecule has 1 saturated carbocycles. The quantitative estimate of drug-likeness (QED) is 0.839. The Morgan fingerprint density at radius 3 is 1.96 bits per heavy atom. The molecular formula is C20H29NO4. The van der Waals surface area contributed by atoms with Gasteiger partial charge in [0, 0.05) is 11.8 Å². The predicted molar refractivity (Wildman–Crippen MR) is 96.3 cm³/mol. The third-order valence-corrected chi connectivity index (χ3v) is 4.20. The van der Waals surface area contributed by atoms with Crippen molar-refractivity contribution < 1.29 is 19.1 Å². The van der Waals surface area contributed by atoms with E-state index in [4.69, 9.17) is 9.47 Å². The minimum absolute atomic E-state index is 0.0859. The van der Waals surface area contributed by atoms with Crippen molar-refractivity contribution in [1.82, 2.24) is 5.32 Å². The number of carbonyl (C=O) groups excluding carboxylic acids is 2. The zero-order chi connectivity index (χ0) is 19.0. The van der Waals surface area contributed by atoms with E-state index in [-0.39, 0.29) is 11.8 Å². The van der Waals surface area contributed by atoms with E-state index in [1.807, 2.05) is 58.0 Å². The van der Waals surface area contributed by atoms with Crippen molar-refractivity contribution in [3.63, 3.8) is 0 Å². The Morgan fingerprint density at radius 1 is 0.960 bits per heavy atom. The average molecular weight is 347 g/mol. The molecule has 0 saturated heterocycles. The van der Waals surface area contributed by atoms with Crippen molar-refractivity contribution in [2.45, 2.75) is 71.1 Å². The second-order valence-corrected chi connectivity index (χ2v) is 8.67. The summed E-state index contributed by atoms with van der Waals surface area (Å²) in [6.07, 6.45) is -0.608. The van der Waals surface area contributed by atoms with Crippen molar-refractivity contribution in [2.75, 3.05) is 0 Å². The Bertz CT molecular complexity index is 642. The summed E-state index contributed by atoms with van der Waals surface area (Å²) in [6.45, 7) is 12.8. The second kappa shape index (κ2) is 6.36. The second-order valence-electron chi connectivity index (χ2n) is 8.67. The summed E-state index contributed by atoms with van der Waals surface area (Å²) >= 11 is 0. The number of amides is 1. The van der Waals surface area contributed by atoms with Gasteiger partial charge in [0.25, 0.3) is 0 Å². The van der Waals surface area contributed by atoms with E-state index in [1.54, 1.807) is 20.8 Å². The summed E-state index contributed by atoms with van der Waals surface area (Å²) in [7, 11) is 0. The molecule has 1 fully saturated rings. The third-order valence-electron chi connectivity index (χ3n) is 4.20. The van der Waals surface area contributed by atoms with E-state index in [0.717, 1.165) is 5.56 Å². The molecule has 5 heteroatoms. The molecule has 0 radical (unpaired) electrons. The SMILES string of the molecule is C[C@@H]1[C@H](c2ccccc2)[C@]1(NC(=O)OC(C)(C)C)C(=O)OC(C)(C)C. The van der Waals surface area contributed by atoms with Crippen LogP contribution < -0.4 is 5.32 Å². The minimum atomic E-state index is -1.10. The number of carbonyl (C=O) groups is 2. The summed E-state index contributed by atoms with van der Waals surface area (Å²) < 4.78 is 11.0. The fourth-order valence-electron chi connectivity index (χ4n) is 3.16. The highest BCUT2D eigenvalue weighted by molar-refractivity contribution is 5.92. The van der Waals surface area contributed by atoms with Gasteiger partial charge < -0.3 is 14.8 Å². The lowest BCUT2D eigenvalue weighted by Gasteiger charge is -2.27. The maximum Gasteiger partial charge on any atom is 0.408 e. The van der Waals surface area contributed by atoms with Crippen LogP contribution in [0.3, 0.4) is 0 Å². The van der Waals surface area contributed by atoms with E-state index >= 15 is 0 Å². The van der Waals surface area contributed by atoms with E-state index < -0.39 is 28.8 Å². The number of esters is 1. The van der Waals surface area contributed by atoms with Gasteiger partial charge >= 0.3 is 12.1 Å². The fraction of sp³-hybridized carbons (Fsp3) is 0.600. The normalized spacial score (nSPS) is 25.9. The topological polar surface area (TPSA) is 64.6 Å². The fourth-order valence-corrected chi connectivity index (χ4v) is 3.16. The van der Waals surface area contributed by atoms with Gasteiger partial charge in [0.05, 0.1) is 0 Å². The smallest absolute Gasteiger partial charge is 0.408 e. The first-order valence-corrected chi connectivity index (χ1v) is 8.66. The van der Waals surface area contributed by atoms with Crippen LogP contribution >= 0.6 is 0 Å². The van der Waals surface area contributed by atoms with Crippen LogP contribution in [0, 0.1) is 5.92 Å². The van der Waals surface area contributed by atoms with Crippen LogP contribution in [-0.2, 0) is 14.3 Å². The zero-order valence-corrected chi connectivity index (χ0v) is 16.2. The van der Waals surface area contributed by atoms with Crippen LogP contribution in [0.4, 0.5) is 4.79 Å². The summed E-state index contributed by atoms with van der Waals surface area (Å²) in [5.41, 5.74) is -1.38. The third kappa shape index (κ3) is 4.33. The molecule has 25 heavy (non-hydrogen) atoms. The molecule has 0 unspecified atom stereocenters. The number of rotatable bonds is 3. The molecule has 5 nitrogen and oxygen atoms in total. The number of hydrogen-bond donors (Lipinski definition) is 1. The van der Waals surface area contributed by atoms with Gasteiger partial charge in [-0.1, -0.05) is 37.3 Å². The van der Waals surface area contributed by atoms with Gasteiger partial charge in [-0.2, -0.15) is 0 Å². The standard InChI is InChI=1S/C20H29NO4/c1-13-15(14-11-9-8-10-12-14)20(13,16(22)24-18(2,3)4)21-17(23)25-19(5,6)7/h8-13,15H,1-7H3,(H,21,23)/t13-,15-,20+/m1/s1. The lowest BCUT2D eigenvalue weighted by Crippen LogP contribution is -2.50. The molecule has 1 aliphatic carbocycles. The lowest BCUT2D eigenvalue weighted by molar-refractivity contribution is -0.159. The Labute approximate surface area is 150 Å². The van der Waals surface area contributed by atoms with Crippen molar-refractivity contribution in [3.05, 3.63) is 35.9 Å². The zero-order valence-electron chi connectivity index (χ0n) is 16.2. The van der Waals surface area contributed by atoms with Gasteiger partial charge in [-0.25, -0.2) is 9.59 Å². The molecule has 0 heterocycles. The molecular weight excluding hydrogens is 318 g/mol. The number of hydrogen-bond acceptors (Lipinski definition) is 4. The predicted octanol–water partition coefficient (Wildman–Crippen LogP) is 4.03. The molecule has 1 aliphatic rings. The molecule has 2 rings (SSSR count). The summed E-state index contributed by atoms with van der Waals surface area (Å²) in [5, 5.41) is 2.81. The molecule has 0 aromatic heterocycles.